The number of carbonyl (C=O) groups is 2. The SMILES string of the molecule is COc1ccc2cc(C(=O)NNC(=O)c3cc(OC)c(OC)c(OC)c3)sc2c1. The van der Waals surface area contributed by atoms with E-state index in [1.54, 1.807) is 13.2 Å². The summed E-state index contributed by atoms with van der Waals surface area (Å²) in [6.45, 7) is 0. The number of nitrogens with one attached hydrogen (secondary N) is 2. The number of fused-ring (bicyclic) bond motifs is 1. The van der Waals surface area contributed by atoms with Crippen molar-refractivity contribution < 1.29 is 28.5 Å². The van der Waals surface area contributed by atoms with Crippen molar-refractivity contribution in [2.24, 2.45) is 0 Å². The van der Waals surface area contributed by atoms with Gasteiger partial charge >= 0.3 is 0 Å². The van der Waals surface area contributed by atoms with Crippen LogP contribution < -0.4 is 29.8 Å². The number of hydrogen-bond acceptors (Lipinski definition) is 7. The Morgan fingerprint density at radius 1 is 0.793 bits per heavy atom. The van der Waals surface area contributed by atoms with Gasteiger partial charge in [-0.1, -0.05) is 0 Å². The number of carbonyl (C=O) groups excluding carboxylic acids is 2. The Hall–Kier alpha value is -3.46. The molecule has 1 heterocycles. The van der Waals surface area contributed by atoms with E-state index >= 15 is 0 Å². The van der Waals surface area contributed by atoms with Crippen molar-refractivity contribution in [1.29, 1.82) is 0 Å². The van der Waals surface area contributed by atoms with Gasteiger partial charge in [0, 0.05) is 10.3 Å². The third-order valence-corrected chi connectivity index (χ3v) is 5.26. The van der Waals surface area contributed by atoms with Gasteiger partial charge in [0.15, 0.2) is 11.5 Å². The fraction of sp³-hybridized carbons (Fsp3) is 0.200. The quantitative estimate of drug-likeness (QED) is 0.600. The van der Waals surface area contributed by atoms with Crippen LogP contribution in [0.2, 0.25) is 0 Å². The van der Waals surface area contributed by atoms with Gasteiger partial charge in [0.2, 0.25) is 5.75 Å². The van der Waals surface area contributed by atoms with E-state index in [1.807, 2.05) is 18.2 Å². The summed E-state index contributed by atoms with van der Waals surface area (Å²) in [5, 5.41) is 0.914. The summed E-state index contributed by atoms with van der Waals surface area (Å²) in [5.41, 5.74) is 5.05. The number of amides is 2. The molecule has 29 heavy (non-hydrogen) atoms. The molecule has 3 aromatic rings. The van der Waals surface area contributed by atoms with E-state index in [0.717, 1.165) is 10.1 Å². The van der Waals surface area contributed by atoms with Crippen LogP contribution in [0.1, 0.15) is 20.0 Å². The van der Waals surface area contributed by atoms with E-state index in [9.17, 15) is 9.59 Å². The first-order chi connectivity index (χ1) is 14.0. The van der Waals surface area contributed by atoms with E-state index < -0.39 is 11.8 Å². The molecule has 2 aromatic carbocycles. The Morgan fingerprint density at radius 3 is 2.03 bits per heavy atom. The summed E-state index contributed by atoms with van der Waals surface area (Å²) in [5.74, 6) is 0.799. The zero-order valence-corrected chi connectivity index (χ0v) is 17.1. The topological polar surface area (TPSA) is 95.1 Å². The van der Waals surface area contributed by atoms with E-state index in [-0.39, 0.29) is 5.56 Å². The molecule has 9 heteroatoms. The zero-order chi connectivity index (χ0) is 21.0. The van der Waals surface area contributed by atoms with Crippen molar-refractivity contribution in [3.05, 3.63) is 46.8 Å². The number of ether oxygens (including phenoxy) is 4. The van der Waals surface area contributed by atoms with Gasteiger partial charge < -0.3 is 18.9 Å². The zero-order valence-electron chi connectivity index (χ0n) is 16.3. The molecular weight excluding hydrogens is 396 g/mol. The maximum Gasteiger partial charge on any atom is 0.279 e. The monoisotopic (exact) mass is 416 g/mol. The lowest BCUT2D eigenvalue weighted by Gasteiger charge is -2.14. The molecule has 0 fully saturated rings. The average molecular weight is 416 g/mol. The predicted octanol–water partition coefficient (Wildman–Crippen LogP) is 3.01. The lowest BCUT2D eigenvalue weighted by atomic mass is 10.1. The molecule has 0 spiro atoms. The fourth-order valence-electron chi connectivity index (χ4n) is 2.71. The second kappa shape index (κ2) is 8.70. The molecule has 0 radical (unpaired) electrons. The number of rotatable bonds is 6. The molecule has 1 aromatic heterocycles. The highest BCUT2D eigenvalue weighted by atomic mass is 32.1. The normalized spacial score (nSPS) is 10.3. The molecule has 0 aliphatic carbocycles. The van der Waals surface area contributed by atoms with Crippen LogP contribution in [-0.4, -0.2) is 40.3 Å². The average Bonchev–Trinajstić information content (AvgIpc) is 3.19. The highest BCUT2D eigenvalue weighted by molar-refractivity contribution is 7.20. The maximum absolute atomic E-state index is 12.5. The van der Waals surface area contributed by atoms with Crippen molar-refractivity contribution in [1.82, 2.24) is 10.9 Å². The molecule has 3 rings (SSSR count). The second-order valence-electron chi connectivity index (χ2n) is 5.84. The largest absolute Gasteiger partial charge is 0.497 e. The van der Waals surface area contributed by atoms with Gasteiger partial charge in [0.25, 0.3) is 11.8 Å². The van der Waals surface area contributed by atoms with E-state index in [1.165, 1.54) is 44.8 Å². The predicted molar refractivity (Wildman–Crippen MR) is 109 cm³/mol. The molecule has 0 saturated carbocycles. The summed E-state index contributed by atoms with van der Waals surface area (Å²) in [7, 11) is 5.97. The van der Waals surface area contributed by atoms with Gasteiger partial charge in [-0.2, -0.15) is 0 Å². The van der Waals surface area contributed by atoms with Gasteiger partial charge in [-0.3, -0.25) is 20.4 Å². The Balaban J connectivity index is 1.74. The Labute approximate surface area is 171 Å². The second-order valence-corrected chi connectivity index (χ2v) is 6.92. The van der Waals surface area contributed by atoms with Crippen LogP contribution in [0.15, 0.2) is 36.4 Å². The number of hydrazine groups is 1. The lowest BCUT2D eigenvalue weighted by Crippen LogP contribution is -2.41. The molecule has 0 aliphatic rings. The summed E-state index contributed by atoms with van der Waals surface area (Å²) in [6, 6.07) is 10.3. The molecule has 0 bridgehead atoms. The number of thiophene rings is 1. The minimum Gasteiger partial charge on any atom is -0.497 e. The number of hydrogen-bond donors (Lipinski definition) is 2. The van der Waals surface area contributed by atoms with Gasteiger partial charge in [-0.25, -0.2) is 0 Å². The van der Waals surface area contributed by atoms with Crippen LogP contribution in [0.5, 0.6) is 23.0 Å². The molecule has 152 valence electrons. The van der Waals surface area contributed by atoms with Crippen molar-refractivity contribution >= 4 is 33.2 Å². The smallest absolute Gasteiger partial charge is 0.279 e. The van der Waals surface area contributed by atoms with E-state index in [0.29, 0.717) is 27.9 Å². The summed E-state index contributed by atoms with van der Waals surface area (Å²) < 4.78 is 21.8. The fourth-order valence-corrected chi connectivity index (χ4v) is 3.70. The van der Waals surface area contributed by atoms with Crippen LogP contribution in [0.4, 0.5) is 0 Å². The third kappa shape index (κ3) is 4.19. The number of benzene rings is 2. The summed E-state index contributed by atoms with van der Waals surface area (Å²) in [6.07, 6.45) is 0. The lowest BCUT2D eigenvalue weighted by molar-refractivity contribution is 0.0848. The molecule has 0 saturated heterocycles. The van der Waals surface area contributed by atoms with Crippen LogP contribution in [0.3, 0.4) is 0 Å². The third-order valence-electron chi connectivity index (χ3n) is 4.17. The number of methoxy groups -OCH3 is 4. The minimum absolute atomic E-state index is 0.237. The van der Waals surface area contributed by atoms with Crippen molar-refractivity contribution in [2.75, 3.05) is 28.4 Å². The Kier molecular flexibility index (Phi) is 6.08. The standard InChI is InChI=1S/C20H20N2O6S/c1-25-13-6-5-11-9-17(29-16(11)10-13)20(24)22-21-19(23)12-7-14(26-2)18(28-4)15(8-12)27-3/h5-10H,1-4H3,(H,21,23)(H,22,24). The highest BCUT2D eigenvalue weighted by Gasteiger charge is 2.18. The summed E-state index contributed by atoms with van der Waals surface area (Å²) in [4.78, 5) is 25.4. The van der Waals surface area contributed by atoms with Crippen LogP contribution >= 0.6 is 11.3 Å². The molecule has 8 nitrogen and oxygen atoms in total. The maximum atomic E-state index is 12.5. The van der Waals surface area contributed by atoms with Gasteiger partial charge in [-0.15, -0.1) is 11.3 Å². The first kappa shape index (κ1) is 20.3. The van der Waals surface area contributed by atoms with Crippen molar-refractivity contribution in [3.63, 3.8) is 0 Å². The van der Waals surface area contributed by atoms with Crippen LogP contribution in [-0.2, 0) is 0 Å². The van der Waals surface area contributed by atoms with Gasteiger partial charge in [0.1, 0.15) is 5.75 Å². The van der Waals surface area contributed by atoms with Crippen molar-refractivity contribution in [3.8, 4) is 23.0 Å². The molecular formula is C20H20N2O6S. The summed E-state index contributed by atoms with van der Waals surface area (Å²) >= 11 is 1.30. The van der Waals surface area contributed by atoms with Crippen molar-refractivity contribution in [2.45, 2.75) is 0 Å². The van der Waals surface area contributed by atoms with Crippen LogP contribution in [0, 0.1) is 0 Å². The first-order valence-electron chi connectivity index (χ1n) is 8.49. The minimum atomic E-state index is -0.527. The molecule has 0 aliphatic heterocycles. The van der Waals surface area contributed by atoms with E-state index in [4.69, 9.17) is 18.9 Å². The highest BCUT2D eigenvalue weighted by Crippen LogP contribution is 2.38. The molecule has 0 unspecified atom stereocenters. The van der Waals surface area contributed by atoms with Gasteiger partial charge in [-0.05, 0) is 41.8 Å². The van der Waals surface area contributed by atoms with Crippen LogP contribution in [0.25, 0.3) is 10.1 Å². The molecule has 2 amide bonds. The Bertz CT molecular complexity index is 1040. The molecule has 2 N–H and O–H groups in total. The first-order valence-corrected chi connectivity index (χ1v) is 9.30. The molecule has 0 atom stereocenters. The Morgan fingerprint density at radius 2 is 1.45 bits per heavy atom. The van der Waals surface area contributed by atoms with E-state index in [2.05, 4.69) is 10.9 Å². The van der Waals surface area contributed by atoms with Gasteiger partial charge in [0.05, 0.1) is 33.3 Å².